The summed E-state index contributed by atoms with van der Waals surface area (Å²) < 4.78 is 5.70. The number of nitro benzene ring substituents is 1. The van der Waals surface area contributed by atoms with Crippen molar-refractivity contribution in [1.29, 1.82) is 5.26 Å². The third-order valence-electron chi connectivity index (χ3n) is 4.14. The average Bonchev–Trinajstić information content (AvgIpc) is 2.78. The molecule has 0 saturated carbocycles. The molecule has 0 radical (unpaired) electrons. The third-order valence-corrected chi connectivity index (χ3v) is 4.14. The standard InChI is InChI=1S/C23H17N3O4/c24-15-19(14-17-6-10-21(11-7-17)26(28)29)23(27)25-20-8-12-22(13-9-20)30-16-18-4-2-1-3-5-18/h1-14H,16H2,(H,25,27)/b19-14+. The van der Waals surface area contributed by atoms with Crippen LogP contribution < -0.4 is 10.1 Å². The number of rotatable bonds is 7. The van der Waals surface area contributed by atoms with E-state index in [1.807, 2.05) is 36.4 Å². The smallest absolute Gasteiger partial charge is 0.269 e. The molecule has 0 aliphatic carbocycles. The molecule has 0 bridgehead atoms. The minimum absolute atomic E-state index is 0.0651. The van der Waals surface area contributed by atoms with Crippen LogP contribution in [-0.4, -0.2) is 10.8 Å². The van der Waals surface area contributed by atoms with E-state index in [0.717, 1.165) is 5.56 Å². The van der Waals surface area contributed by atoms with Gasteiger partial charge in [-0.1, -0.05) is 30.3 Å². The Morgan fingerprint density at radius 2 is 1.70 bits per heavy atom. The number of nitro groups is 1. The van der Waals surface area contributed by atoms with Gasteiger partial charge in [0.1, 0.15) is 24.0 Å². The van der Waals surface area contributed by atoms with Gasteiger partial charge in [0.25, 0.3) is 11.6 Å². The lowest BCUT2D eigenvalue weighted by Gasteiger charge is -2.08. The lowest BCUT2D eigenvalue weighted by molar-refractivity contribution is -0.384. The summed E-state index contributed by atoms with van der Waals surface area (Å²) >= 11 is 0. The minimum Gasteiger partial charge on any atom is -0.489 e. The Labute approximate surface area is 173 Å². The van der Waals surface area contributed by atoms with E-state index in [1.54, 1.807) is 24.3 Å². The van der Waals surface area contributed by atoms with Crippen LogP contribution in [0.4, 0.5) is 11.4 Å². The number of nitrogens with one attached hydrogen (secondary N) is 1. The maximum atomic E-state index is 12.4. The molecule has 0 heterocycles. The van der Waals surface area contributed by atoms with Gasteiger partial charge in [-0.3, -0.25) is 14.9 Å². The summed E-state index contributed by atoms with van der Waals surface area (Å²) in [6.07, 6.45) is 1.37. The Hall–Kier alpha value is -4.44. The Balaban J connectivity index is 1.62. The zero-order valence-corrected chi connectivity index (χ0v) is 15.8. The van der Waals surface area contributed by atoms with E-state index in [4.69, 9.17) is 4.74 Å². The molecule has 0 atom stereocenters. The van der Waals surface area contributed by atoms with Crippen molar-refractivity contribution in [1.82, 2.24) is 0 Å². The van der Waals surface area contributed by atoms with Gasteiger partial charge in [0.15, 0.2) is 0 Å². The van der Waals surface area contributed by atoms with Gasteiger partial charge in [-0.25, -0.2) is 0 Å². The second-order valence-electron chi connectivity index (χ2n) is 6.27. The van der Waals surface area contributed by atoms with Crippen LogP contribution in [0.2, 0.25) is 0 Å². The van der Waals surface area contributed by atoms with Gasteiger partial charge >= 0.3 is 0 Å². The van der Waals surface area contributed by atoms with Crippen LogP contribution in [0.25, 0.3) is 6.08 Å². The highest BCUT2D eigenvalue weighted by molar-refractivity contribution is 6.09. The highest BCUT2D eigenvalue weighted by Gasteiger charge is 2.10. The fourth-order valence-corrected chi connectivity index (χ4v) is 2.58. The van der Waals surface area contributed by atoms with E-state index >= 15 is 0 Å². The van der Waals surface area contributed by atoms with Crippen molar-refractivity contribution < 1.29 is 14.5 Å². The normalized spacial score (nSPS) is 10.7. The molecule has 0 saturated heterocycles. The molecule has 3 rings (SSSR count). The Morgan fingerprint density at radius 3 is 2.30 bits per heavy atom. The molecular formula is C23H17N3O4. The van der Waals surface area contributed by atoms with Crippen molar-refractivity contribution >= 4 is 23.4 Å². The maximum Gasteiger partial charge on any atom is 0.269 e. The van der Waals surface area contributed by atoms with Gasteiger partial charge < -0.3 is 10.1 Å². The van der Waals surface area contributed by atoms with Crippen molar-refractivity contribution in [2.45, 2.75) is 6.61 Å². The van der Waals surface area contributed by atoms with Gasteiger partial charge in [-0.2, -0.15) is 5.26 Å². The molecule has 30 heavy (non-hydrogen) atoms. The molecule has 0 unspecified atom stereocenters. The Kier molecular flexibility index (Phi) is 6.54. The number of ether oxygens (including phenoxy) is 1. The van der Waals surface area contributed by atoms with Crippen LogP contribution in [0, 0.1) is 21.4 Å². The Morgan fingerprint density at radius 1 is 1.03 bits per heavy atom. The van der Waals surface area contributed by atoms with Gasteiger partial charge in [-0.05, 0) is 53.6 Å². The summed E-state index contributed by atoms with van der Waals surface area (Å²) in [6.45, 7) is 0.434. The number of carbonyl (C=O) groups is 1. The molecule has 1 N–H and O–H groups in total. The number of benzene rings is 3. The van der Waals surface area contributed by atoms with Crippen molar-refractivity contribution in [3.8, 4) is 11.8 Å². The van der Waals surface area contributed by atoms with E-state index in [-0.39, 0.29) is 11.3 Å². The van der Waals surface area contributed by atoms with Crippen LogP contribution in [-0.2, 0) is 11.4 Å². The first-order chi connectivity index (χ1) is 14.5. The summed E-state index contributed by atoms with van der Waals surface area (Å²) in [5, 5.41) is 22.6. The largest absolute Gasteiger partial charge is 0.489 e. The zero-order chi connectivity index (χ0) is 21.3. The molecule has 1 amide bonds. The third kappa shape index (κ3) is 5.53. The number of nitriles is 1. The molecule has 0 aliphatic rings. The lowest BCUT2D eigenvalue weighted by Crippen LogP contribution is -2.13. The van der Waals surface area contributed by atoms with Crippen LogP contribution in [0.15, 0.2) is 84.4 Å². The first-order valence-corrected chi connectivity index (χ1v) is 8.99. The topological polar surface area (TPSA) is 105 Å². The lowest BCUT2D eigenvalue weighted by atomic mass is 10.1. The van der Waals surface area contributed by atoms with Gasteiger partial charge in [0.2, 0.25) is 0 Å². The zero-order valence-electron chi connectivity index (χ0n) is 15.8. The molecule has 148 valence electrons. The van der Waals surface area contributed by atoms with Crippen molar-refractivity contribution in [3.63, 3.8) is 0 Å². The molecule has 0 aromatic heterocycles. The Bertz CT molecular complexity index is 1100. The van der Waals surface area contributed by atoms with Crippen LogP contribution in [0.1, 0.15) is 11.1 Å². The quantitative estimate of drug-likeness (QED) is 0.268. The number of nitrogens with zero attached hydrogens (tertiary/aromatic N) is 2. The van der Waals surface area contributed by atoms with Crippen molar-refractivity contribution in [2.75, 3.05) is 5.32 Å². The summed E-state index contributed by atoms with van der Waals surface area (Å²) in [6, 6.07) is 24.0. The number of amides is 1. The van der Waals surface area contributed by atoms with Crippen LogP contribution >= 0.6 is 0 Å². The number of anilines is 1. The van der Waals surface area contributed by atoms with Gasteiger partial charge in [-0.15, -0.1) is 0 Å². The molecule has 0 aliphatic heterocycles. The van der Waals surface area contributed by atoms with Crippen LogP contribution in [0.5, 0.6) is 5.75 Å². The average molecular weight is 399 g/mol. The summed E-state index contributed by atoms with van der Waals surface area (Å²) in [4.78, 5) is 22.6. The number of carbonyl (C=O) groups excluding carboxylic acids is 1. The molecule has 0 spiro atoms. The molecule has 3 aromatic rings. The van der Waals surface area contributed by atoms with E-state index in [1.165, 1.54) is 30.3 Å². The SMILES string of the molecule is N#C/C(=C\c1ccc([N+](=O)[O-])cc1)C(=O)Nc1ccc(OCc2ccccc2)cc1. The number of hydrogen-bond acceptors (Lipinski definition) is 5. The summed E-state index contributed by atoms with van der Waals surface area (Å²) in [7, 11) is 0. The monoisotopic (exact) mass is 399 g/mol. The number of hydrogen-bond donors (Lipinski definition) is 1. The fraction of sp³-hybridized carbons (Fsp3) is 0.0435. The second kappa shape index (κ2) is 9.66. The van der Waals surface area contributed by atoms with Gasteiger partial charge in [0.05, 0.1) is 4.92 Å². The van der Waals surface area contributed by atoms with E-state index in [2.05, 4.69) is 5.32 Å². The maximum absolute atomic E-state index is 12.4. The van der Waals surface area contributed by atoms with Gasteiger partial charge in [0, 0.05) is 17.8 Å². The highest BCUT2D eigenvalue weighted by atomic mass is 16.6. The minimum atomic E-state index is -0.575. The van der Waals surface area contributed by atoms with E-state index in [0.29, 0.717) is 23.6 Å². The molecule has 3 aromatic carbocycles. The fourth-order valence-electron chi connectivity index (χ4n) is 2.58. The van der Waals surface area contributed by atoms with Crippen LogP contribution in [0.3, 0.4) is 0 Å². The molecule has 7 heteroatoms. The summed E-state index contributed by atoms with van der Waals surface area (Å²) in [5.74, 6) is 0.0765. The molecular weight excluding hydrogens is 382 g/mol. The van der Waals surface area contributed by atoms with Crippen molar-refractivity contribution in [3.05, 3.63) is 106 Å². The summed E-state index contributed by atoms with van der Waals surface area (Å²) in [5.41, 5.74) is 1.89. The predicted octanol–water partition coefficient (Wildman–Crippen LogP) is 4.72. The van der Waals surface area contributed by atoms with Crippen molar-refractivity contribution in [2.24, 2.45) is 0 Å². The van der Waals surface area contributed by atoms with E-state index in [9.17, 15) is 20.2 Å². The highest BCUT2D eigenvalue weighted by Crippen LogP contribution is 2.19. The second-order valence-corrected chi connectivity index (χ2v) is 6.27. The first kappa shape index (κ1) is 20.3. The predicted molar refractivity (Wildman–Crippen MR) is 113 cm³/mol. The first-order valence-electron chi connectivity index (χ1n) is 8.99. The molecule has 0 fully saturated rings. The van der Waals surface area contributed by atoms with E-state index < -0.39 is 10.8 Å². The number of non-ortho nitro benzene ring substituents is 1. The molecule has 7 nitrogen and oxygen atoms in total.